The minimum Gasteiger partial charge on any atom is -0.381 e. The third-order valence-corrected chi connectivity index (χ3v) is 2.77. The molecule has 1 aliphatic heterocycles. The van der Waals surface area contributed by atoms with Gasteiger partial charge in [-0.2, -0.15) is 0 Å². The second-order valence-electron chi connectivity index (χ2n) is 4.81. The van der Waals surface area contributed by atoms with Crippen LogP contribution in [0.4, 0.5) is 0 Å². The van der Waals surface area contributed by atoms with Crippen LogP contribution >= 0.6 is 0 Å². The third kappa shape index (κ3) is 6.08. The molecule has 1 heterocycles. The van der Waals surface area contributed by atoms with E-state index in [1.54, 1.807) is 0 Å². The summed E-state index contributed by atoms with van der Waals surface area (Å²) in [4.78, 5) is 11.5. The Morgan fingerprint density at radius 3 is 2.69 bits per heavy atom. The standard InChI is InChI=1S/C12H24N2O2/c1-10(2)3-6-13-9-12(15)14-11-4-7-16-8-5-11/h10-11,13H,3-9H2,1-2H3,(H,14,15). The Bertz CT molecular complexity index is 201. The number of ether oxygens (including phenoxy) is 1. The Morgan fingerprint density at radius 2 is 2.06 bits per heavy atom. The van der Waals surface area contributed by atoms with Crippen molar-refractivity contribution in [3.63, 3.8) is 0 Å². The highest BCUT2D eigenvalue weighted by Gasteiger charge is 2.15. The molecule has 4 nitrogen and oxygen atoms in total. The lowest BCUT2D eigenvalue weighted by atomic mass is 10.1. The molecule has 16 heavy (non-hydrogen) atoms. The lowest BCUT2D eigenvalue weighted by molar-refractivity contribution is -0.121. The summed E-state index contributed by atoms with van der Waals surface area (Å²) in [5, 5.41) is 6.19. The highest BCUT2D eigenvalue weighted by Crippen LogP contribution is 2.05. The van der Waals surface area contributed by atoms with Crippen LogP contribution in [0, 0.1) is 5.92 Å². The molecule has 0 bridgehead atoms. The van der Waals surface area contributed by atoms with Crippen molar-refractivity contribution in [3.05, 3.63) is 0 Å². The second-order valence-corrected chi connectivity index (χ2v) is 4.81. The van der Waals surface area contributed by atoms with Gasteiger partial charge in [-0.3, -0.25) is 4.79 Å². The van der Waals surface area contributed by atoms with E-state index in [0.29, 0.717) is 18.5 Å². The minimum absolute atomic E-state index is 0.107. The van der Waals surface area contributed by atoms with E-state index >= 15 is 0 Å². The van der Waals surface area contributed by atoms with Gasteiger partial charge in [0, 0.05) is 19.3 Å². The summed E-state index contributed by atoms with van der Waals surface area (Å²) in [5.74, 6) is 0.793. The van der Waals surface area contributed by atoms with Crippen LogP contribution < -0.4 is 10.6 Å². The topological polar surface area (TPSA) is 50.4 Å². The van der Waals surface area contributed by atoms with Crippen molar-refractivity contribution < 1.29 is 9.53 Å². The predicted octanol–water partition coefficient (Wildman–Crippen LogP) is 0.917. The maximum Gasteiger partial charge on any atom is 0.234 e. The molecule has 0 aromatic heterocycles. The van der Waals surface area contributed by atoms with E-state index in [9.17, 15) is 4.79 Å². The number of amides is 1. The molecule has 0 aromatic carbocycles. The number of nitrogens with one attached hydrogen (secondary N) is 2. The summed E-state index contributed by atoms with van der Waals surface area (Å²) in [5.41, 5.74) is 0. The zero-order valence-electron chi connectivity index (χ0n) is 10.4. The van der Waals surface area contributed by atoms with Gasteiger partial charge in [-0.25, -0.2) is 0 Å². The number of rotatable bonds is 6. The largest absolute Gasteiger partial charge is 0.381 e. The van der Waals surface area contributed by atoms with Gasteiger partial charge in [-0.1, -0.05) is 13.8 Å². The molecule has 0 atom stereocenters. The first kappa shape index (κ1) is 13.5. The van der Waals surface area contributed by atoms with Crippen molar-refractivity contribution in [2.24, 2.45) is 5.92 Å². The third-order valence-electron chi connectivity index (χ3n) is 2.77. The van der Waals surface area contributed by atoms with Gasteiger partial charge in [0.25, 0.3) is 0 Å². The molecule has 1 aliphatic rings. The Hall–Kier alpha value is -0.610. The van der Waals surface area contributed by atoms with Gasteiger partial charge in [0.05, 0.1) is 6.54 Å². The van der Waals surface area contributed by atoms with E-state index in [-0.39, 0.29) is 5.91 Å². The quantitative estimate of drug-likeness (QED) is 0.665. The Morgan fingerprint density at radius 1 is 1.38 bits per heavy atom. The molecule has 0 saturated carbocycles. The number of hydrogen-bond acceptors (Lipinski definition) is 3. The molecule has 1 amide bonds. The van der Waals surface area contributed by atoms with E-state index in [1.807, 2.05) is 0 Å². The number of carbonyl (C=O) groups is 1. The van der Waals surface area contributed by atoms with Crippen LogP contribution in [0.3, 0.4) is 0 Å². The van der Waals surface area contributed by atoms with Gasteiger partial charge >= 0.3 is 0 Å². The molecule has 1 rings (SSSR count). The normalized spacial score (nSPS) is 17.7. The average molecular weight is 228 g/mol. The lowest BCUT2D eigenvalue weighted by Gasteiger charge is -2.23. The van der Waals surface area contributed by atoms with E-state index < -0.39 is 0 Å². The zero-order chi connectivity index (χ0) is 11.8. The maximum absolute atomic E-state index is 11.5. The Kier molecular flexibility index (Phi) is 6.42. The summed E-state index contributed by atoms with van der Waals surface area (Å²) >= 11 is 0. The van der Waals surface area contributed by atoms with Crippen LogP contribution in [0.5, 0.6) is 0 Å². The van der Waals surface area contributed by atoms with Gasteiger partial charge in [-0.05, 0) is 31.7 Å². The molecule has 0 unspecified atom stereocenters. The molecule has 94 valence electrons. The fraction of sp³-hybridized carbons (Fsp3) is 0.917. The first-order valence-corrected chi connectivity index (χ1v) is 6.26. The smallest absolute Gasteiger partial charge is 0.234 e. The van der Waals surface area contributed by atoms with Crippen molar-refractivity contribution in [2.75, 3.05) is 26.3 Å². The van der Waals surface area contributed by atoms with Crippen LogP contribution in [0.1, 0.15) is 33.1 Å². The molecular formula is C12H24N2O2. The van der Waals surface area contributed by atoms with E-state index in [0.717, 1.165) is 39.0 Å². The Labute approximate surface area is 98.1 Å². The fourth-order valence-electron chi connectivity index (χ4n) is 1.71. The van der Waals surface area contributed by atoms with Crippen LogP contribution in [-0.4, -0.2) is 38.3 Å². The van der Waals surface area contributed by atoms with Crippen LogP contribution in [0.15, 0.2) is 0 Å². The molecule has 0 radical (unpaired) electrons. The summed E-state index contributed by atoms with van der Waals surface area (Å²) < 4.78 is 5.24. The van der Waals surface area contributed by atoms with Crippen LogP contribution in [0.2, 0.25) is 0 Å². The van der Waals surface area contributed by atoms with E-state index in [2.05, 4.69) is 24.5 Å². The first-order chi connectivity index (χ1) is 7.68. The van der Waals surface area contributed by atoms with Crippen molar-refractivity contribution >= 4 is 5.91 Å². The monoisotopic (exact) mass is 228 g/mol. The predicted molar refractivity (Wildman–Crippen MR) is 64.3 cm³/mol. The molecule has 0 aliphatic carbocycles. The highest BCUT2D eigenvalue weighted by atomic mass is 16.5. The van der Waals surface area contributed by atoms with Crippen LogP contribution in [-0.2, 0) is 9.53 Å². The second kappa shape index (κ2) is 7.63. The summed E-state index contributed by atoms with van der Waals surface area (Å²) in [6.45, 7) is 7.26. The molecule has 1 fully saturated rings. The van der Waals surface area contributed by atoms with Gasteiger partial charge in [0.2, 0.25) is 5.91 Å². The van der Waals surface area contributed by atoms with E-state index in [4.69, 9.17) is 4.74 Å². The first-order valence-electron chi connectivity index (χ1n) is 6.26. The van der Waals surface area contributed by atoms with Crippen LogP contribution in [0.25, 0.3) is 0 Å². The molecule has 0 aromatic rings. The molecule has 0 spiro atoms. The molecule has 1 saturated heterocycles. The van der Waals surface area contributed by atoms with Crippen molar-refractivity contribution in [1.82, 2.24) is 10.6 Å². The minimum atomic E-state index is 0.107. The zero-order valence-corrected chi connectivity index (χ0v) is 10.4. The molecular weight excluding hydrogens is 204 g/mol. The van der Waals surface area contributed by atoms with Gasteiger partial charge < -0.3 is 15.4 Å². The number of hydrogen-bond donors (Lipinski definition) is 2. The molecule has 4 heteroatoms. The van der Waals surface area contributed by atoms with Gasteiger partial charge in [0.15, 0.2) is 0 Å². The van der Waals surface area contributed by atoms with Crippen molar-refractivity contribution in [1.29, 1.82) is 0 Å². The maximum atomic E-state index is 11.5. The SMILES string of the molecule is CC(C)CCNCC(=O)NC1CCOCC1. The number of carbonyl (C=O) groups excluding carboxylic acids is 1. The average Bonchev–Trinajstić information content (AvgIpc) is 2.25. The van der Waals surface area contributed by atoms with Gasteiger partial charge in [-0.15, -0.1) is 0 Å². The Balaban J connectivity index is 2.01. The lowest BCUT2D eigenvalue weighted by Crippen LogP contribution is -2.43. The van der Waals surface area contributed by atoms with Gasteiger partial charge in [0.1, 0.15) is 0 Å². The fourth-order valence-corrected chi connectivity index (χ4v) is 1.71. The van der Waals surface area contributed by atoms with E-state index in [1.165, 1.54) is 0 Å². The summed E-state index contributed by atoms with van der Waals surface area (Å²) in [7, 11) is 0. The molecule has 2 N–H and O–H groups in total. The van der Waals surface area contributed by atoms with Crippen molar-refractivity contribution in [3.8, 4) is 0 Å². The summed E-state index contributed by atoms with van der Waals surface area (Å²) in [6, 6.07) is 0.313. The summed E-state index contributed by atoms with van der Waals surface area (Å²) in [6.07, 6.45) is 3.00. The van der Waals surface area contributed by atoms with Crippen molar-refractivity contribution in [2.45, 2.75) is 39.2 Å². The highest BCUT2D eigenvalue weighted by molar-refractivity contribution is 5.78.